The Labute approximate surface area is 156 Å². The smallest absolute Gasteiger partial charge is 0.118 e. The van der Waals surface area contributed by atoms with Gasteiger partial charge >= 0.3 is 0 Å². The number of hydrogen-bond donors (Lipinski definition) is 0. The molecule has 2 aromatic rings. The normalized spacial score (nSPS) is 20.7. The maximum absolute atomic E-state index is 5.70. The minimum absolute atomic E-state index is 0.706. The highest BCUT2D eigenvalue weighted by Gasteiger charge is 2.19. The number of methoxy groups -OCH3 is 1. The Morgan fingerprint density at radius 2 is 1.52 bits per heavy atom. The molecule has 1 aliphatic rings. The van der Waals surface area contributed by atoms with E-state index < -0.39 is 0 Å². The van der Waals surface area contributed by atoms with Gasteiger partial charge in [-0.1, -0.05) is 54.1 Å². The van der Waals surface area contributed by atoms with E-state index in [9.17, 15) is 0 Å². The number of hydrogen-bond acceptors (Lipinski definition) is 1. The molecule has 2 aromatic carbocycles. The first kappa shape index (κ1) is 18.1. The van der Waals surface area contributed by atoms with Gasteiger partial charge in [0, 0.05) is 5.54 Å². The zero-order valence-corrected chi connectivity index (χ0v) is 15.7. The van der Waals surface area contributed by atoms with Gasteiger partial charge in [-0.15, -0.1) is 0 Å². The second-order valence-corrected chi connectivity index (χ2v) is 7.32. The van der Waals surface area contributed by atoms with Gasteiger partial charge in [-0.2, -0.15) is 0 Å². The highest BCUT2D eigenvalue weighted by Crippen LogP contribution is 2.32. The van der Waals surface area contributed by atoms with Crippen molar-refractivity contribution in [3.8, 4) is 16.9 Å². The molecule has 1 saturated carbocycles. The molecule has 0 unspecified atom stereocenters. The van der Waals surface area contributed by atoms with Crippen LogP contribution in [-0.4, -0.2) is 7.11 Å². The van der Waals surface area contributed by atoms with Crippen molar-refractivity contribution >= 4 is 11.6 Å². The van der Waals surface area contributed by atoms with Crippen LogP contribution in [0.4, 0.5) is 0 Å². The molecule has 2 heteroatoms. The fourth-order valence-corrected chi connectivity index (χ4v) is 4.00. The van der Waals surface area contributed by atoms with E-state index in [0.717, 1.165) is 11.7 Å². The van der Waals surface area contributed by atoms with Crippen LogP contribution in [0.15, 0.2) is 60.1 Å². The fourth-order valence-electron chi connectivity index (χ4n) is 3.79. The highest BCUT2D eigenvalue weighted by atomic mass is 35.5. The largest absolute Gasteiger partial charge is 0.497 e. The summed E-state index contributed by atoms with van der Waals surface area (Å²) < 4.78 is 5.22. The van der Waals surface area contributed by atoms with Crippen LogP contribution in [-0.2, 0) is 6.42 Å². The first-order valence-corrected chi connectivity index (χ1v) is 9.72. The lowest BCUT2D eigenvalue weighted by molar-refractivity contribution is 0.296. The third kappa shape index (κ3) is 5.12. The molecule has 25 heavy (non-hydrogen) atoms. The van der Waals surface area contributed by atoms with Crippen molar-refractivity contribution in [3.05, 3.63) is 65.7 Å². The average Bonchev–Trinajstić information content (AvgIpc) is 2.68. The molecule has 0 spiro atoms. The van der Waals surface area contributed by atoms with Crippen LogP contribution in [0.3, 0.4) is 0 Å². The van der Waals surface area contributed by atoms with Crippen LogP contribution in [0.2, 0.25) is 0 Å². The molecule has 132 valence electrons. The van der Waals surface area contributed by atoms with Crippen LogP contribution in [0.1, 0.15) is 37.7 Å². The lowest BCUT2D eigenvalue weighted by Gasteiger charge is -2.26. The molecule has 0 atom stereocenters. The molecule has 0 saturated heterocycles. The molecule has 0 aromatic heterocycles. The van der Waals surface area contributed by atoms with Crippen molar-refractivity contribution in [1.82, 2.24) is 0 Å². The van der Waals surface area contributed by atoms with E-state index in [4.69, 9.17) is 16.3 Å². The zero-order valence-electron chi connectivity index (χ0n) is 15.0. The fraction of sp³-hybridized carbons (Fsp3) is 0.391. The predicted octanol–water partition coefficient (Wildman–Crippen LogP) is 6.85. The van der Waals surface area contributed by atoms with E-state index >= 15 is 0 Å². The second-order valence-electron chi connectivity index (χ2n) is 7.06. The van der Waals surface area contributed by atoms with Crippen molar-refractivity contribution in [1.29, 1.82) is 0 Å². The maximum Gasteiger partial charge on any atom is 0.118 e. The van der Waals surface area contributed by atoms with E-state index in [2.05, 4.69) is 42.5 Å². The minimum atomic E-state index is 0.706. The van der Waals surface area contributed by atoms with Crippen LogP contribution >= 0.6 is 11.6 Å². The standard InChI is InChI=1S/C23H27ClO/c1-25-23-14-12-22(13-15-23)21-10-8-19(9-11-21)3-2-18-4-6-20(7-5-18)16-17-24/h8-18,20H,2-7H2,1H3. The lowest BCUT2D eigenvalue weighted by atomic mass is 9.79. The number of benzene rings is 2. The Morgan fingerprint density at radius 3 is 2.08 bits per heavy atom. The summed E-state index contributed by atoms with van der Waals surface area (Å²) in [5, 5.41) is 0. The molecule has 1 fully saturated rings. The monoisotopic (exact) mass is 354 g/mol. The number of allylic oxidation sites excluding steroid dienone is 1. The summed E-state index contributed by atoms with van der Waals surface area (Å²) in [6.07, 6.45) is 9.93. The summed E-state index contributed by atoms with van der Waals surface area (Å²) in [6, 6.07) is 17.3. The average molecular weight is 355 g/mol. The van der Waals surface area contributed by atoms with Crippen LogP contribution < -0.4 is 4.74 Å². The molecule has 1 aliphatic carbocycles. The Kier molecular flexibility index (Phi) is 6.58. The molecule has 0 radical (unpaired) electrons. The van der Waals surface area contributed by atoms with E-state index in [1.165, 1.54) is 55.2 Å². The van der Waals surface area contributed by atoms with Gasteiger partial charge in [0.1, 0.15) is 5.75 Å². The van der Waals surface area contributed by atoms with Crippen LogP contribution in [0.5, 0.6) is 5.75 Å². The molecule has 0 bridgehead atoms. The van der Waals surface area contributed by atoms with E-state index in [1.807, 2.05) is 12.1 Å². The van der Waals surface area contributed by atoms with Gasteiger partial charge in [-0.05, 0) is 79.2 Å². The Balaban J connectivity index is 1.51. The summed E-state index contributed by atoms with van der Waals surface area (Å²) in [6.45, 7) is 0. The minimum Gasteiger partial charge on any atom is -0.497 e. The lowest BCUT2D eigenvalue weighted by Crippen LogP contribution is -2.13. The third-order valence-electron chi connectivity index (χ3n) is 5.45. The van der Waals surface area contributed by atoms with Crippen molar-refractivity contribution in [2.45, 2.75) is 38.5 Å². The quantitative estimate of drug-likeness (QED) is 0.551. The van der Waals surface area contributed by atoms with Crippen molar-refractivity contribution in [2.24, 2.45) is 11.8 Å². The summed E-state index contributed by atoms with van der Waals surface area (Å²) >= 11 is 5.70. The van der Waals surface area contributed by atoms with Gasteiger partial charge < -0.3 is 4.74 Å². The molecule has 0 aliphatic heterocycles. The molecule has 3 rings (SSSR count). The number of aryl methyl sites for hydroxylation is 1. The van der Waals surface area contributed by atoms with Crippen LogP contribution in [0.25, 0.3) is 11.1 Å². The van der Waals surface area contributed by atoms with Gasteiger partial charge in [0.05, 0.1) is 7.11 Å². The second kappa shape index (κ2) is 9.10. The van der Waals surface area contributed by atoms with E-state index in [-0.39, 0.29) is 0 Å². The maximum atomic E-state index is 5.70. The topological polar surface area (TPSA) is 9.23 Å². The molecule has 0 amide bonds. The van der Waals surface area contributed by atoms with Gasteiger partial charge in [-0.3, -0.25) is 0 Å². The van der Waals surface area contributed by atoms with E-state index in [0.29, 0.717) is 5.92 Å². The first-order valence-electron chi connectivity index (χ1n) is 9.28. The Bertz CT molecular complexity index is 664. The molecular weight excluding hydrogens is 328 g/mol. The first-order chi connectivity index (χ1) is 12.3. The number of rotatable bonds is 6. The molecular formula is C23H27ClO. The molecule has 0 N–H and O–H groups in total. The summed E-state index contributed by atoms with van der Waals surface area (Å²) in [4.78, 5) is 0. The summed E-state index contributed by atoms with van der Waals surface area (Å²) in [5.74, 6) is 2.48. The summed E-state index contributed by atoms with van der Waals surface area (Å²) in [5.41, 5.74) is 5.63. The van der Waals surface area contributed by atoms with Crippen molar-refractivity contribution in [2.75, 3.05) is 7.11 Å². The van der Waals surface area contributed by atoms with Crippen LogP contribution in [0, 0.1) is 11.8 Å². The number of halogens is 1. The highest BCUT2D eigenvalue weighted by molar-refractivity contribution is 6.25. The third-order valence-corrected chi connectivity index (χ3v) is 5.60. The number of ether oxygens (including phenoxy) is 1. The van der Waals surface area contributed by atoms with Gasteiger partial charge in [0.15, 0.2) is 0 Å². The Hall–Kier alpha value is -1.73. The molecule has 1 nitrogen and oxygen atoms in total. The van der Waals surface area contributed by atoms with Crippen molar-refractivity contribution < 1.29 is 4.74 Å². The molecule has 0 heterocycles. The van der Waals surface area contributed by atoms with Gasteiger partial charge in [0.2, 0.25) is 0 Å². The summed E-state index contributed by atoms with van der Waals surface area (Å²) in [7, 11) is 1.70. The van der Waals surface area contributed by atoms with Gasteiger partial charge in [0.25, 0.3) is 0 Å². The predicted molar refractivity (Wildman–Crippen MR) is 107 cm³/mol. The van der Waals surface area contributed by atoms with E-state index in [1.54, 1.807) is 12.6 Å². The van der Waals surface area contributed by atoms with Crippen molar-refractivity contribution in [3.63, 3.8) is 0 Å². The SMILES string of the molecule is COc1ccc(-c2ccc(CCC3CCC(C=CCl)CC3)cc2)cc1. The Morgan fingerprint density at radius 1 is 0.920 bits per heavy atom. The van der Waals surface area contributed by atoms with Gasteiger partial charge in [-0.25, -0.2) is 0 Å². The zero-order chi connectivity index (χ0) is 17.5.